The summed E-state index contributed by atoms with van der Waals surface area (Å²) in [4.78, 5) is 0. The molecule has 0 saturated heterocycles. The van der Waals surface area contributed by atoms with Crippen LogP contribution >= 0.6 is 0 Å². The summed E-state index contributed by atoms with van der Waals surface area (Å²) < 4.78 is 18.4. The summed E-state index contributed by atoms with van der Waals surface area (Å²) in [6.45, 7) is 0.389. The van der Waals surface area contributed by atoms with Crippen molar-refractivity contribution in [3.63, 3.8) is 0 Å². The minimum absolute atomic E-state index is 0.0669. The molecule has 1 aromatic carbocycles. The van der Waals surface area contributed by atoms with Gasteiger partial charge in [-0.2, -0.15) is 10.5 Å². The van der Waals surface area contributed by atoms with Crippen molar-refractivity contribution < 1.29 is 9.13 Å². The molecular formula is C12H11FN2O. The van der Waals surface area contributed by atoms with Gasteiger partial charge in [-0.05, 0) is 25.0 Å². The molecule has 0 radical (unpaired) electrons. The monoisotopic (exact) mass is 218 g/mol. The molecule has 0 fully saturated rings. The largest absolute Gasteiger partial charge is 0.492 e. The molecule has 0 atom stereocenters. The first-order valence-electron chi connectivity index (χ1n) is 4.98. The summed E-state index contributed by atoms with van der Waals surface area (Å²) in [6.07, 6.45) is 1.94. The molecule has 1 aromatic rings. The maximum Gasteiger partial charge on any atom is 0.144 e. The predicted molar refractivity (Wildman–Crippen MR) is 56.1 cm³/mol. The van der Waals surface area contributed by atoms with E-state index in [2.05, 4.69) is 0 Å². The second kappa shape index (κ2) is 6.42. The molecule has 0 amide bonds. The van der Waals surface area contributed by atoms with E-state index in [1.807, 2.05) is 6.07 Å². The maximum atomic E-state index is 13.1. The fourth-order valence-corrected chi connectivity index (χ4v) is 1.22. The van der Waals surface area contributed by atoms with Gasteiger partial charge in [0.05, 0.1) is 12.7 Å². The van der Waals surface area contributed by atoms with Crippen LogP contribution in [0.2, 0.25) is 0 Å². The third-order valence-corrected chi connectivity index (χ3v) is 2.03. The van der Waals surface area contributed by atoms with Gasteiger partial charge in [0.25, 0.3) is 0 Å². The maximum absolute atomic E-state index is 13.1. The molecule has 4 heteroatoms. The van der Waals surface area contributed by atoms with Gasteiger partial charge < -0.3 is 4.74 Å². The van der Waals surface area contributed by atoms with Gasteiger partial charge in [-0.1, -0.05) is 6.07 Å². The van der Waals surface area contributed by atoms with Gasteiger partial charge in [-0.25, -0.2) is 4.39 Å². The highest BCUT2D eigenvalue weighted by Crippen LogP contribution is 2.20. The van der Waals surface area contributed by atoms with Gasteiger partial charge in [0.1, 0.15) is 23.2 Å². The van der Waals surface area contributed by atoms with Gasteiger partial charge in [-0.15, -0.1) is 0 Å². The zero-order chi connectivity index (χ0) is 11.8. The quantitative estimate of drug-likeness (QED) is 0.714. The highest BCUT2D eigenvalue weighted by atomic mass is 19.1. The van der Waals surface area contributed by atoms with Gasteiger partial charge in [0, 0.05) is 6.42 Å². The van der Waals surface area contributed by atoms with Crippen molar-refractivity contribution in [3.05, 3.63) is 29.6 Å². The Morgan fingerprint density at radius 2 is 2.06 bits per heavy atom. The third-order valence-electron chi connectivity index (χ3n) is 2.03. The number of halogens is 1. The predicted octanol–water partition coefficient (Wildman–Crippen LogP) is 2.77. The molecule has 0 N–H and O–H groups in total. The molecule has 0 spiro atoms. The number of hydrogen-bond donors (Lipinski definition) is 0. The summed E-state index contributed by atoms with van der Waals surface area (Å²) in [5, 5.41) is 17.0. The highest BCUT2D eigenvalue weighted by molar-refractivity contribution is 5.43. The van der Waals surface area contributed by atoms with Gasteiger partial charge in [0.2, 0.25) is 0 Å². The van der Waals surface area contributed by atoms with Crippen molar-refractivity contribution in [1.29, 1.82) is 10.5 Å². The Labute approximate surface area is 93.7 Å². The summed E-state index contributed by atoms with van der Waals surface area (Å²) in [5.74, 6) is -0.309. The molecule has 0 unspecified atom stereocenters. The highest BCUT2D eigenvalue weighted by Gasteiger charge is 2.07. The molecule has 0 aliphatic rings. The van der Waals surface area contributed by atoms with E-state index < -0.39 is 5.82 Å². The lowest BCUT2D eigenvalue weighted by molar-refractivity contribution is 0.305. The molecule has 1 rings (SSSR count). The molecule has 16 heavy (non-hydrogen) atoms. The minimum atomic E-state index is -0.572. The Kier molecular flexibility index (Phi) is 4.82. The molecule has 0 heterocycles. The topological polar surface area (TPSA) is 56.8 Å². The Morgan fingerprint density at radius 3 is 2.75 bits per heavy atom. The van der Waals surface area contributed by atoms with E-state index in [-0.39, 0.29) is 11.3 Å². The fraction of sp³-hybridized carbons (Fsp3) is 0.333. The van der Waals surface area contributed by atoms with E-state index in [1.165, 1.54) is 12.1 Å². The van der Waals surface area contributed by atoms with E-state index in [9.17, 15) is 4.39 Å². The first-order chi connectivity index (χ1) is 7.79. The zero-order valence-electron chi connectivity index (χ0n) is 8.74. The number of hydrogen-bond acceptors (Lipinski definition) is 3. The van der Waals surface area contributed by atoms with Crippen molar-refractivity contribution in [3.8, 4) is 17.9 Å². The van der Waals surface area contributed by atoms with Crippen molar-refractivity contribution in [2.75, 3.05) is 6.61 Å². The average molecular weight is 218 g/mol. The smallest absolute Gasteiger partial charge is 0.144 e. The van der Waals surface area contributed by atoms with Crippen LogP contribution in [-0.2, 0) is 0 Å². The lowest BCUT2D eigenvalue weighted by atomic mass is 10.2. The van der Waals surface area contributed by atoms with Crippen LogP contribution in [0.3, 0.4) is 0 Å². The average Bonchev–Trinajstić information content (AvgIpc) is 2.29. The Balaban J connectivity index is 2.52. The SMILES string of the molecule is N#CCCCCOc1cccc(F)c1C#N. The first kappa shape index (κ1) is 12.0. The number of unbranched alkanes of at least 4 members (excludes halogenated alkanes) is 2. The lowest BCUT2D eigenvalue weighted by Gasteiger charge is -2.07. The molecule has 0 aliphatic heterocycles. The van der Waals surface area contributed by atoms with Crippen LogP contribution in [0, 0.1) is 28.5 Å². The molecule has 0 aromatic heterocycles. The van der Waals surface area contributed by atoms with Crippen molar-refractivity contribution >= 4 is 0 Å². The van der Waals surface area contributed by atoms with Crippen LogP contribution < -0.4 is 4.74 Å². The van der Waals surface area contributed by atoms with Crippen molar-refractivity contribution in [2.24, 2.45) is 0 Å². The van der Waals surface area contributed by atoms with Crippen LogP contribution in [0.15, 0.2) is 18.2 Å². The minimum Gasteiger partial charge on any atom is -0.492 e. The van der Waals surface area contributed by atoms with Crippen LogP contribution in [0.25, 0.3) is 0 Å². The van der Waals surface area contributed by atoms with Crippen LogP contribution in [0.1, 0.15) is 24.8 Å². The Hall–Kier alpha value is -2.07. The van der Waals surface area contributed by atoms with Crippen molar-refractivity contribution in [2.45, 2.75) is 19.3 Å². The Morgan fingerprint density at radius 1 is 1.25 bits per heavy atom. The Bertz CT molecular complexity index is 432. The summed E-state index contributed by atoms with van der Waals surface area (Å²) in [6, 6.07) is 8.08. The second-order valence-corrected chi connectivity index (χ2v) is 3.19. The third kappa shape index (κ3) is 3.25. The van der Waals surface area contributed by atoms with Gasteiger partial charge in [-0.3, -0.25) is 0 Å². The van der Waals surface area contributed by atoms with Crippen LogP contribution in [-0.4, -0.2) is 6.61 Å². The molecule has 0 aliphatic carbocycles. The number of rotatable bonds is 5. The first-order valence-corrected chi connectivity index (χ1v) is 4.98. The molecular weight excluding hydrogens is 207 g/mol. The normalized spacial score (nSPS) is 9.19. The van der Waals surface area contributed by atoms with E-state index in [4.69, 9.17) is 15.3 Å². The van der Waals surface area contributed by atoms with E-state index >= 15 is 0 Å². The van der Waals surface area contributed by atoms with Crippen LogP contribution in [0.4, 0.5) is 4.39 Å². The van der Waals surface area contributed by atoms with E-state index in [0.29, 0.717) is 13.0 Å². The summed E-state index contributed by atoms with van der Waals surface area (Å²) >= 11 is 0. The van der Waals surface area contributed by atoms with Gasteiger partial charge in [0.15, 0.2) is 0 Å². The van der Waals surface area contributed by atoms with Crippen LogP contribution in [0.5, 0.6) is 5.75 Å². The number of benzene rings is 1. The van der Waals surface area contributed by atoms with Crippen molar-refractivity contribution in [1.82, 2.24) is 0 Å². The number of nitriles is 2. The molecule has 0 saturated carbocycles. The second-order valence-electron chi connectivity index (χ2n) is 3.19. The molecule has 0 bridgehead atoms. The molecule has 82 valence electrons. The van der Waals surface area contributed by atoms with E-state index in [1.54, 1.807) is 12.1 Å². The number of ether oxygens (including phenoxy) is 1. The lowest BCUT2D eigenvalue weighted by Crippen LogP contribution is -2.00. The van der Waals surface area contributed by atoms with E-state index in [0.717, 1.165) is 12.8 Å². The van der Waals surface area contributed by atoms with Gasteiger partial charge >= 0.3 is 0 Å². The summed E-state index contributed by atoms with van der Waals surface area (Å²) in [7, 11) is 0. The summed E-state index contributed by atoms with van der Waals surface area (Å²) in [5.41, 5.74) is -0.0669. The zero-order valence-corrected chi connectivity index (χ0v) is 8.74. The number of nitrogens with zero attached hydrogens (tertiary/aromatic N) is 2. The fourth-order valence-electron chi connectivity index (χ4n) is 1.22. The molecule has 3 nitrogen and oxygen atoms in total. The standard InChI is InChI=1S/C12H11FN2O/c13-11-5-4-6-12(10(11)9-15)16-8-3-1-2-7-14/h4-6H,1-3,8H2.